The Bertz CT molecular complexity index is 138. The van der Waals surface area contributed by atoms with E-state index in [0.717, 1.165) is 7.48 Å². The van der Waals surface area contributed by atoms with Gasteiger partial charge in [0, 0.05) is 0 Å². The predicted molar refractivity (Wildman–Crippen MR) is 35.6 cm³/mol. The second-order valence-corrected chi connectivity index (χ2v) is 1.59. The molecular formula is C4H5B2O5. The first-order valence-electron chi connectivity index (χ1n) is 2.71. The van der Waals surface area contributed by atoms with Crippen LogP contribution in [-0.4, -0.2) is 39.2 Å². The number of rotatable bonds is 5. The maximum absolute atomic E-state index is 10.3. The van der Waals surface area contributed by atoms with Gasteiger partial charge >= 0.3 is 21.5 Å². The molecule has 0 spiro atoms. The van der Waals surface area contributed by atoms with Gasteiger partial charge in [-0.15, -0.1) is 0 Å². The highest BCUT2D eigenvalue weighted by Gasteiger charge is 2.15. The first-order valence-corrected chi connectivity index (χ1v) is 2.71. The minimum absolute atomic E-state index is 0.144. The van der Waals surface area contributed by atoms with E-state index in [2.05, 4.69) is 17.4 Å². The molecule has 7 heteroatoms. The van der Waals surface area contributed by atoms with E-state index in [1.165, 1.54) is 0 Å². The summed E-state index contributed by atoms with van der Waals surface area (Å²) >= 11 is 0. The average molecular weight is 155 g/mol. The fourth-order valence-electron chi connectivity index (χ4n) is 0.361. The highest BCUT2D eigenvalue weighted by atomic mass is 16.5. The third-order valence-corrected chi connectivity index (χ3v) is 0.859. The molecule has 3 radical (unpaired) electrons. The van der Waals surface area contributed by atoms with Crippen LogP contribution < -0.4 is 0 Å². The molecule has 11 heavy (non-hydrogen) atoms. The summed E-state index contributed by atoms with van der Waals surface area (Å²) < 4.78 is 7.77. The summed E-state index contributed by atoms with van der Waals surface area (Å²) in [4.78, 5) is 19.9. The normalized spacial score (nSPS) is 11.4. The summed E-state index contributed by atoms with van der Waals surface area (Å²) in [6, 6.07) is 0. The van der Waals surface area contributed by atoms with E-state index in [0.29, 0.717) is 0 Å². The Balaban J connectivity index is 3.43. The molecule has 0 amide bonds. The quantitative estimate of drug-likeness (QED) is 0.287. The van der Waals surface area contributed by atoms with E-state index in [1.807, 2.05) is 0 Å². The number of aliphatic hydroxyl groups excluding tert-OH is 1. The largest absolute Gasteiger partial charge is 0.542 e. The lowest BCUT2D eigenvalue weighted by Gasteiger charge is -2.05. The molecule has 0 saturated carbocycles. The number of carbonyl (C=O) groups excluding carboxylic acids is 2. The molecule has 0 aromatic rings. The molecule has 0 aromatic carbocycles. The average Bonchev–Trinajstić information content (AvgIpc) is 2.03. The SMILES string of the molecule is [B]OC(=O)[C@@H](O)C[B]OC=O. The fourth-order valence-corrected chi connectivity index (χ4v) is 0.361. The molecule has 0 saturated heterocycles. The topological polar surface area (TPSA) is 72.8 Å². The Morgan fingerprint density at radius 1 is 1.82 bits per heavy atom. The van der Waals surface area contributed by atoms with Crippen molar-refractivity contribution in [3.8, 4) is 0 Å². The van der Waals surface area contributed by atoms with E-state index < -0.39 is 12.1 Å². The first kappa shape index (κ1) is 10.0. The van der Waals surface area contributed by atoms with Crippen LogP contribution in [-0.2, 0) is 18.9 Å². The zero-order valence-corrected chi connectivity index (χ0v) is 5.60. The van der Waals surface area contributed by atoms with Crippen LogP contribution in [0.3, 0.4) is 0 Å². The second-order valence-electron chi connectivity index (χ2n) is 1.59. The molecule has 57 valence electrons. The van der Waals surface area contributed by atoms with Crippen molar-refractivity contribution in [2.24, 2.45) is 0 Å². The molecule has 0 rings (SSSR count). The van der Waals surface area contributed by atoms with Crippen LogP contribution in [0.1, 0.15) is 0 Å². The van der Waals surface area contributed by atoms with Crippen molar-refractivity contribution in [1.29, 1.82) is 0 Å². The van der Waals surface area contributed by atoms with Crippen LogP contribution in [0.5, 0.6) is 0 Å². The predicted octanol–water partition coefficient (Wildman–Crippen LogP) is -1.82. The lowest BCUT2D eigenvalue weighted by atomic mass is 9.91. The maximum atomic E-state index is 10.3. The van der Waals surface area contributed by atoms with Crippen molar-refractivity contribution in [3.05, 3.63) is 0 Å². The van der Waals surface area contributed by atoms with E-state index in [4.69, 9.17) is 5.11 Å². The van der Waals surface area contributed by atoms with Crippen LogP contribution in [0.2, 0.25) is 6.32 Å². The van der Waals surface area contributed by atoms with Gasteiger partial charge in [0.1, 0.15) is 6.10 Å². The van der Waals surface area contributed by atoms with Crippen LogP contribution in [0, 0.1) is 0 Å². The van der Waals surface area contributed by atoms with Crippen molar-refractivity contribution in [3.63, 3.8) is 0 Å². The minimum atomic E-state index is -1.39. The maximum Gasteiger partial charge on any atom is 0.378 e. The van der Waals surface area contributed by atoms with Crippen LogP contribution in [0.4, 0.5) is 0 Å². The van der Waals surface area contributed by atoms with E-state index >= 15 is 0 Å². The highest BCUT2D eigenvalue weighted by Crippen LogP contribution is 1.93. The number of hydrogen-bond acceptors (Lipinski definition) is 5. The molecule has 0 bridgehead atoms. The third kappa shape index (κ3) is 4.44. The van der Waals surface area contributed by atoms with Crippen molar-refractivity contribution in [2.45, 2.75) is 12.4 Å². The van der Waals surface area contributed by atoms with Gasteiger partial charge in [-0.05, 0) is 6.32 Å². The van der Waals surface area contributed by atoms with Gasteiger partial charge in [-0.2, -0.15) is 0 Å². The summed E-state index contributed by atoms with van der Waals surface area (Å²) in [6.45, 7) is 0.167. The molecule has 0 aromatic heterocycles. The summed E-state index contributed by atoms with van der Waals surface area (Å²) in [5, 5.41) is 8.76. The van der Waals surface area contributed by atoms with Crippen molar-refractivity contribution in [2.75, 3.05) is 0 Å². The first-order chi connectivity index (χ1) is 5.22. The monoisotopic (exact) mass is 155 g/mol. The van der Waals surface area contributed by atoms with Gasteiger partial charge in [0.25, 0.3) is 6.47 Å². The Morgan fingerprint density at radius 2 is 2.45 bits per heavy atom. The summed E-state index contributed by atoms with van der Waals surface area (Å²) in [5.41, 5.74) is 0. The molecule has 0 aliphatic rings. The van der Waals surface area contributed by atoms with E-state index in [9.17, 15) is 9.59 Å². The van der Waals surface area contributed by atoms with Gasteiger partial charge in [-0.25, -0.2) is 0 Å². The number of carbonyl (C=O) groups is 2. The Hall–Kier alpha value is -0.970. The highest BCUT2D eigenvalue weighted by molar-refractivity contribution is 6.30. The third-order valence-electron chi connectivity index (χ3n) is 0.859. The van der Waals surface area contributed by atoms with E-state index in [1.54, 1.807) is 0 Å². The van der Waals surface area contributed by atoms with Gasteiger partial charge in [0.05, 0.1) is 0 Å². The Morgan fingerprint density at radius 3 is 2.91 bits per heavy atom. The lowest BCUT2D eigenvalue weighted by molar-refractivity contribution is -0.142. The van der Waals surface area contributed by atoms with Gasteiger partial charge < -0.3 is 14.4 Å². The van der Waals surface area contributed by atoms with Crippen LogP contribution >= 0.6 is 0 Å². The van der Waals surface area contributed by atoms with Crippen molar-refractivity contribution >= 4 is 28.0 Å². The van der Waals surface area contributed by atoms with Gasteiger partial charge in [-0.1, -0.05) is 0 Å². The Labute approximate surface area is 65.4 Å². The molecule has 5 nitrogen and oxygen atoms in total. The number of hydrogen-bond donors (Lipinski definition) is 1. The smallest absolute Gasteiger partial charge is 0.378 e. The van der Waals surface area contributed by atoms with Gasteiger partial charge in [-0.3, -0.25) is 9.59 Å². The molecule has 0 heterocycles. The summed E-state index contributed by atoms with van der Waals surface area (Å²) in [7, 11) is 5.41. The van der Waals surface area contributed by atoms with Crippen LogP contribution in [0.25, 0.3) is 0 Å². The van der Waals surface area contributed by atoms with Crippen LogP contribution in [0.15, 0.2) is 0 Å². The standard InChI is InChI=1S/C4H5B2O5/c5-11-4(9)3(8)1-6-10-2-7/h2-3,8H,1H2/t3-/m0/s1. The molecule has 0 unspecified atom stereocenters. The van der Waals surface area contributed by atoms with E-state index in [-0.39, 0.29) is 12.8 Å². The zero-order valence-electron chi connectivity index (χ0n) is 5.60. The van der Waals surface area contributed by atoms with Gasteiger partial charge in [0.15, 0.2) is 0 Å². The number of aliphatic hydroxyl groups is 1. The molecule has 0 aliphatic heterocycles. The second kappa shape index (κ2) is 5.79. The molecular weight excluding hydrogens is 150 g/mol. The molecule has 1 N–H and O–H groups in total. The van der Waals surface area contributed by atoms with Gasteiger partial charge in [0.2, 0.25) is 0 Å². The Kier molecular flexibility index (Phi) is 5.28. The summed E-state index contributed by atoms with van der Waals surface area (Å²) in [5.74, 6) is -0.976. The molecule has 1 atom stereocenters. The molecule has 0 fully saturated rings. The van der Waals surface area contributed by atoms with Crippen molar-refractivity contribution in [1.82, 2.24) is 0 Å². The zero-order chi connectivity index (χ0) is 8.69. The van der Waals surface area contributed by atoms with Crippen molar-refractivity contribution < 1.29 is 24.0 Å². The fraction of sp³-hybridized carbons (Fsp3) is 0.500. The lowest BCUT2D eigenvalue weighted by Crippen LogP contribution is -2.24. The molecule has 0 aliphatic carbocycles. The summed E-state index contributed by atoms with van der Waals surface area (Å²) in [6.07, 6.45) is -1.53. The minimum Gasteiger partial charge on any atom is -0.542 e.